The van der Waals surface area contributed by atoms with Crippen molar-refractivity contribution in [2.24, 2.45) is 4.99 Å². The SMILES string of the molecule is CC=Cc1ccc(CCCCCCCCC(=O)N=C=O)c(OC)c1. The third kappa shape index (κ3) is 7.89. The topological polar surface area (TPSA) is 55.7 Å². The minimum Gasteiger partial charge on any atom is -0.496 e. The number of methoxy groups -OCH3 is 1. The summed E-state index contributed by atoms with van der Waals surface area (Å²) >= 11 is 0. The van der Waals surface area contributed by atoms with Gasteiger partial charge in [0.05, 0.1) is 7.11 Å². The van der Waals surface area contributed by atoms with E-state index in [0.717, 1.165) is 49.8 Å². The van der Waals surface area contributed by atoms with E-state index >= 15 is 0 Å². The van der Waals surface area contributed by atoms with Crippen molar-refractivity contribution in [2.45, 2.75) is 58.3 Å². The first-order chi connectivity index (χ1) is 11.7. The van der Waals surface area contributed by atoms with Gasteiger partial charge in [0.25, 0.3) is 5.91 Å². The number of hydrogen-bond acceptors (Lipinski definition) is 3. The van der Waals surface area contributed by atoms with Crippen LogP contribution in [0.4, 0.5) is 0 Å². The number of rotatable bonds is 11. The van der Waals surface area contributed by atoms with Gasteiger partial charge in [-0.05, 0) is 43.4 Å². The van der Waals surface area contributed by atoms with E-state index in [1.807, 2.05) is 13.0 Å². The van der Waals surface area contributed by atoms with Gasteiger partial charge < -0.3 is 4.74 Å². The monoisotopic (exact) mass is 329 g/mol. The van der Waals surface area contributed by atoms with Crippen molar-refractivity contribution < 1.29 is 14.3 Å². The summed E-state index contributed by atoms with van der Waals surface area (Å²) in [7, 11) is 1.72. The van der Waals surface area contributed by atoms with E-state index in [1.165, 1.54) is 18.1 Å². The van der Waals surface area contributed by atoms with Crippen LogP contribution in [-0.4, -0.2) is 19.1 Å². The van der Waals surface area contributed by atoms with Crippen LogP contribution in [0.25, 0.3) is 6.08 Å². The molecule has 0 saturated carbocycles. The molecule has 1 rings (SSSR count). The molecule has 24 heavy (non-hydrogen) atoms. The number of isocyanates is 1. The maximum atomic E-state index is 11.0. The van der Waals surface area contributed by atoms with E-state index in [1.54, 1.807) is 7.11 Å². The number of nitrogens with zero attached hydrogens (tertiary/aromatic N) is 1. The summed E-state index contributed by atoms with van der Waals surface area (Å²) < 4.78 is 5.48. The Balaban J connectivity index is 2.21. The predicted octanol–water partition coefficient (Wildman–Crippen LogP) is 4.86. The highest BCUT2D eigenvalue weighted by atomic mass is 16.5. The summed E-state index contributed by atoms with van der Waals surface area (Å²) in [5.41, 5.74) is 2.41. The lowest BCUT2D eigenvalue weighted by Gasteiger charge is -2.09. The second-order valence-electron chi connectivity index (χ2n) is 5.79. The molecule has 0 atom stereocenters. The molecular formula is C20H27NO3. The van der Waals surface area contributed by atoms with Crippen LogP contribution in [0.2, 0.25) is 0 Å². The van der Waals surface area contributed by atoms with E-state index in [4.69, 9.17) is 4.74 Å². The molecule has 0 bridgehead atoms. The lowest BCUT2D eigenvalue weighted by Crippen LogP contribution is -1.94. The number of carbonyl (C=O) groups excluding carboxylic acids is 2. The zero-order valence-electron chi connectivity index (χ0n) is 14.7. The summed E-state index contributed by atoms with van der Waals surface area (Å²) in [5.74, 6) is 0.596. The van der Waals surface area contributed by atoms with Gasteiger partial charge >= 0.3 is 0 Å². The Bertz CT molecular complexity index is 587. The summed E-state index contributed by atoms with van der Waals surface area (Å²) in [6.45, 7) is 2.01. The average molecular weight is 329 g/mol. The summed E-state index contributed by atoms with van der Waals surface area (Å²) in [5, 5.41) is 0. The maximum absolute atomic E-state index is 11.0. The van der Waals surface area contributed by atoms with Crippen molar-refractivity contribution in [1.82, 2.24) is 0 Å². The third-order valence-corrected chi connectivity index (χ3v) is 3.93. The van der Waals surface area contributed by atoms with Gasteiger partial charge in [-0.25, -0.2) is 4.79 Å². The van der Waals surface area contributed by atoms with Crippen LogP contribution in [0.1, 0.15) is 63.0 Å². The van der Waals surface area contributed by atoms with Crippen molar-refractivity contribution in [1.29, 1.82) is 0 Å². The fourth-order valence-corrected chi connectivity index (χ4v) is 2.67. The molecule has 0 fully saturated rings. The van der Waals surface area contributed by atoms with E-state index in [-0.39, 0.29) is 5.91 Å². The van der Waals surface area contributed by atoms with Gasteiger partial charge in [-0.3, -0.25) is 4.79 Å². The summed E-state index contributed by atoms with van der Waals surface area (Å²) in [6.07, 6.45) is 13.1. The molecule has 0 unspecified atom stereocenters. The first kappa shape index (κ1) is 19.9. The molecule has 0 N–H and O–H groups in total. The highest BCUT2D eigenvalue weighted by Crippen LogP contribution is 2.23. The smallest absolute Gasteiger partial charge is 0.256 e. The molecule has 1 aromatic carbocycles. The Hall–Kier alpha value is -2.19. The highest BCUT2D eigenvalue weighted by molar-refractivity contribution is 5.81. The maximum Gasteiger partial charge on any atom is 0.256 e. The Labute approximate surface area is 144 Å². The fourth-order valence-electron chi connectivity index (χ4n) is 2.67. The van der Waals surface area contributed by atoms with E-state index < -0.39 is 0 Å². The predicted molar refractivity (Wildman–Crippen MR) is 96.9 cm³/mol. The van der Waals surface area contributed by atoms with Gasteiger partial charge in [-0.2, -0.15) is 0 Å². The van der Waals surface area contributed by atoms with Gasteiger partial charge in [0.15, 0.2) is 0 Å². The van der Waals surface area contributed by atoms with Crippen LogP contribution < -0.4 is 4.74 Å². The minimum atomic E-state index is -0.363. The van der Waals surface area contributed by atoms with E-state index in [9.17, 15) is 9.59 Å². The Kier molecular flexibility index (Phi) is 10.1. The van der Waals surface area contributed by atoms with Gasteiger partial charge in [-0.15, -0.1) is 4.99 Å². The van der Waals surface area contributed by atoms with Crippen LogP contribution in [0.3, 0.4) is 0 Å². The Morgan fingerprint density at radius 2 is 1.88 bits per heavy atom. The molecule has 0 aliphatic rings. The standard InChI is InChI=1S/C20H27NO3/c1-3-10-17-13-14-18(19(15-17)24-2)11-8-6-4-5-7-9-12-20(23)21-16-22/h3,10,13-15H,4-9,11-12H2,1-2H3. The molecule has 0 aliphatic heterocycles. The van der Waals surface area contributed by atoms with Gasteiger partial charge in [-0.1, -0.05) is 50.0 Å². The normalized spacial score (nSPS) is 10.6. The Morgan fingerprint density at radius 1 is 1.17 bits per heavy atom. The highest BCUT2D eigenvalue weighted by Gasteiger charge is 2.04. The largest absolute Gasteiger partial charge is 0.496 e. The van der Waals surface area contributed by atoms with Crippen LogP contribution in [-0.2, 0) is 16.0 Å². The molecule has 0 heterocycles. The molecule has 0 spiro atoms. The molecule has 0 aromatic heterocycles. The van der Waals surface area contributed by atoms with Crippen molar-refractivity contribution in [2.75, 3.05) is 7.11 Å². The van der Waals surface area contributed by atoms with Gasteiger partial charge in [0.2, 0.25) is 6.08 Å². The first-order valence-electron chi connectivity index (χ1n) is 8.61. The van der Waals surface area contributed by atoms with Crippen molar-refractivity contribution in [3.05, 3.63) is 35.4 Å². The lowest BCUT2D eigenvalue weighted by atomic mass is 10.0. The zero-order chi connectivity index (χ0) is 17.6. The molecule has 0 saturated heterocycles. The van der Waals surface area contributed by atoms with Crippen LogP contribution in [0, 0.1) is 0 Å². The molecule has 4 heteroatoms. The number of allylic oxidation sites excluding steroid dienone is 1. The van der Waals surface area contributed by atoms with Crippen molar-refractivity contribution in [3.8, 4) is 5.75 Å². The van der Waals surface area contributed by atoms with Crippen LogP contribution >= 0.6 is 0 Å². The number of benzene rings is 1. The summed E-state index contributed by atoms with van der Waals surface area (Å²) in [6, 6.07) is 6.35. The number of aliphatic imine (C=N–C) groups is 1. The molecule has 1 aromatic rings. The quantitative estimate of drug-likeness (QED) is 0.331. The number of hydrogen-bond donors (Lipinski definition) is 0. The summed E-state index contributed by atoms with van der Waals surface area (Å²) in [4.78, 5) is 24.0. The lowest BCUT2D eigenvalue weighted by molar-refractivity contribution is -0.117. The number of ether oxygens (including phenoxy) is 1. The number of unbranched alkanes of at least 4 members (excludes halogenated alkanes) is 5. The van der Waals surface area contributed by atoms with Gasteiger partial charge in [0, 0.05) is 6.42 Å². The molecular weight excluding hydrogens is 302 g/mol. The van der Waals surface area contributed by atoms with E-state index in [2.05, 4.69) is 29.3 Å². The molecule has 0 radical (unpaired) electrons. The van der Waals surface area contributed by atoms with Crippen molar-refractivity contribution >= 4 is 18.1 Å². The number of carbonyl (C=O) groups is 1. The van der Waals surface area contributed by atoms with Crippen LogP contribution in [0.15, 0.2) is 29.3 Å². The van der Waals surface area contributed by atoms with E-state index in [0.29, 0.717) is 6.42 Å². The molecule has 4 nitrogen and oxygen atoms in total. The second kappa shape index (κ2) is 12.3. The Morgan fingerprint density at radius 3 is 2.54 bits per heavy atom. The van der Waals surface area contributed by atoms with Crippen LogP contribution in [0.5, 0.6) is 5.75 Å². The minimum absolute atomic E-state index is 0.352. The number of amides is 1. The average Bonchev–Trinajstić information content (AvgIpc) is 2.58. The first-order valence-corrected chi connectivity index (χ1v) is 8.61. The fraction of sp³-hybridized carbons (Fsp3) is 0.500. The van der Waals surface area contributed by atoms with Gasteiger partial charge in [0.1, 0.15) is 5.75 Å². The molecule has 1 amide bonds. The molecule has 0 aliphatic carbocycles. The zero-order valence-corrected chi connectivity index (χ0v) is 14.7. The molecule has 130 valence electrons. The number of aryl methyl sites for hydroxylation is 1. The third-order valence-electron chi connectivity index (χ3n) is 3.93. The van der Waals surface area contributed by atoms with Crippen molar-refractivity contribution in [3.63, 3.8) is 0 Å². The second-order valence-corrected chi connectivity index (χ2v) is 5.79.